The van der Waals surface area contributed by atoms with Gasteiger partial charge in [0.2, 0.25) is 0 Å². The van der Waals surface area contributed by atoms with Gasteiger partial charge < -0.3 is 0 Å². The topological polar surface area (TPSA) is 0 Å². The van der Waals surface area contributed by atoms with E-state index in [1.165, 1.54) is 0 Å². The molecule has 0 aliphatic rings. The van der Waals surface area contributed by atoms with Gasteiger partial charge in [-0.15, -0.1) is 0 Å². The molecule has 0 amide bonds. The van der Waals surface area contributed by atoms with Gasteiger partial charge in [0.25, 0.3) is 0 Å². The molecule has 0 atom stereocenters. The van der Waals surface area contributed by atoms with Crippen LogP contribution in [0, 0.1) is 0 Å². The molecule has 0 unspecified atom stereocenters. The Bertz CT molecular complexity index is 11.6. The molecule has 0 aromatic heterocycles. The summed E-state index contributed by atoms with van der Waals surface area (Å²) in [4.78, 5) is 0. The molecule has 0 N–H and O–H groups in total. The van der Waals surface area contributed by atoms with Crippen LogP contribution < -0.4 is 0 Å². The molecule has 0 aliphatic carbocycles. The quantitative estimate of drug-likeness (QED) is 0.254. The van der Waals surface area contributed by atoms with Crippen molar-refractivity contribution in [3.05, 3.63) is 0 Å². The number of hydrogen-bond acceptors (Lipinski definition) is 0. The molecule has 0 saturated heterocycles. The van der Waals surface area contributed by atoms with E-state index < -0.39 is 0 Å². The molecular formula is H8BiLiPbSiTe. The van der Waals surface area contributed by atoms with Crippen molar-refractivity contribution in [2.45, 2.75) is 0 Å². The van der Waals surface area contributed by atoms with E-state index in [-0.39, 0.29) is 64.4 Å². The van der Waals surface area contributed by atoms with Gasteiger partial charge in [-0.1, -0.05) is 0 Å². The first-order valence-corrected chi connectivity index (χ1v) is 26.3. The summed E-state index contributed by atoms with van der Waals surface area (Å²) >= 11 is 2.38. The molecule has 28 valence electrons. The van der Waals surface area contributed by atoms with Crippen LogP contribution in [0.5, 0.6) is 0 Å². The Balaban J connectivity index is -0.0000000200. The van der Waals surface area contributed by atoms with Crippen LogP contribution in [0.15, 0.2) is 0 Å². The molecule has 2 radical (unpaired) electrons. The zero-order valence-electron chi connectivity index (χ0n) is 2.65. The summed E-state index contributed by atoms with van der Waals surface area (Å²) in [5.74, 6) is 0. The Hall–Kier alpha value is 3.41. The third-order valence-electron chi connectivity index (χ3n) is 0. The molecule has 0 rings (SSSR count). The van der Waals surface area contributed by atoms with Crippen LogP contribution in [0.2, 0.25) is 0 Å². The zero-order valence-corrected chi connectivity index (χ0v) is 16.6. The summed E-state index contributed by atoms with van der Waals surface area (Å²) in [5, 5.41) is 0. The van der Waals surface area contributed by atoms with E-state index in [9.17, 15) is 0 Å². The summed E-state index contributed by atoms with van der Waals surface area (Å²) < 4.78 is 0. The average Bonchev–Trinajstić information content (AvgIpc) is 0.918. The molecule has 0 nitrogen and oxygen atoms in total. The first-order chi connectivity index (χ1) is 1.41. The van der Waals surface area contributed by atoms with Crippen molar-refractivity contribution >= 4 is 89.6 Å². The average molecular weight is 587 g/mol. The van der Waals surface area contributed by atoms with Gasteiger partial charge in [0.1, 0.15) is 0 Å². The molecule has 5 heteroatoms. The second kappa shape index (κ2) is 15.7. The first-order valence-electron chi connectivity index (χ1n) is 0.724. The fourth-order valence-corrected chi connectivity index (χ4v) is 0. The van der Waals surface area contributed by atoms with Crippen LogP contribution in [0.1, 0.15) is 0 Å². The van der Waals surface area contributed by atoms with E-state index in [0.717, 1.165) is 0 Å². The van der Waals surface area contributed by atoms with Gasteiger partial charge in [-0.25, -0.2) is 0 Å². The van der Waals surface area contributed by atoms with Crippen molar-refractivity contribution < 1.29 is 0 Å². The molecule has 0 bridgehead atoms. The molecule has 0 aromatic rings. The minimum atomic E-state index is 0. The van der Waals surface area contributed by atoms with Crippen LogP contribution in [-0.4, -0.2) is 89.6 Å². The molecule has 0 aliphatic heterocycles. The summed E-state index contributed by atoms with van der Waals surface area (Å²) in [6.07, 6.45) is 0. The van der Waals surface area contributed by atoms with E-state index in [1.54, 1.807) is 7.37 Å². The van der Waals surface area contributed by atoms with Crippen molar-refractivity contribution in [1.29, 1.82) is 0 Å². The fraction of sp³-hybridized carbons (Fsp3) is 0. The Morgan fingerprint density at radius 3 is 1.60 bits per heavy atom. The predicted molar refractivity (Wildman–Crippen MR) is 39.9 cm³/mol. The molecule has 0 spiro atoms. The minimum absolute atomic E-state index is 0. The van der Waals surface area contributed by atoms with Gasteiger partial charge in [-0.2, -0.15) is 0 Å². The van der Waals surface area contributed by atoms with E-state index in [4.69, 9.17) is 0 Å². The van der Waals surface area contributed by atoms with E-state index in [0.29, 0.717) is 0 Å². The van der Waals surface area contributed by atoms with Crippen LogP contribution in [0.3, 0.4) is 0 Å². The Labute approximate surface area is 87.4 Å². The second-order valence-corrected chi connectivity index (χ2v) is 39.5. The SMILES string of the molecule is [LiH].[PbH2].[SiH3][BiH][TeH]. The van der Waals surface area contributed by atoms with Gasteiger partial charge in [0, 0.05) is 0 Å². The van der Waals surface area contributed by atoms with Crippen LogP contribution in [0.4, 0.5) is 0 Å². The van der Waals surface area contributed by atoms with Gasteiger partial charge >= 0.3 is 89.6 Å². The van der Waals surface area contributed by atoms with Gasteiger partial charge in [-0.3, -0.25) is 0 Å². The van der Waals surface area contributed by atoms with Crippen molar-refractivity contribution in [1.82, 2.24) is 0 Å². The maximum atomic E-state index is 2.11. The normalized spacial score (nSPS) is 4.20. The fourth-order valence-electron chi connectivity index (χ4n) is 0. The summed E-state index contributed by atoms with van der Waals surface area (Å²) in [6, 6.07) is 0. The van der Waals surface area contributed by atoms with E-state index in [1.807, 2.05) is 0 Å². The number of hydrogen-bond donors (Lipinski definition) is 0. The van der Waals surface area contributed by atoms with Gasteiger partial charge in [0.15, 0.2) is 0 Å². The zero-order chi connectivity index (χ0) is 2.71. The van der Waals surface area contributed by atoms with Crippen molar-refractivity contribution in [2.75, 3.05) is 0 Å². The molecule has 5 heavy (non-hydrogen) atoms. The maximum absolute atomic E-state index is 2.11. The van der Waals surface area contributed by atoms with E-state index >= 15 is 0 Å². The molecule has 0 saturated carbocycles. The third kappa shape index (κ3) is 18.7. The van der Waals surface area contributed by atoms with Crippen LogP contribution in [0.25, 0.3) is 0 Å². The standard InChI is InChI=1S/Bi.Li.Pb.H3Si.H2Te.4H/h;;;1H3;1H2;;;;/q+1;;;;;;;;/p-1. The van der Waals surface area contributed by atoms with Crippen LogP contribution in [-0.2, 0) is 0 Å². The molecule has 0 heterocycles. The first kappa shape index (κ1) is 15.8. The van der Waals surface area contributed by atoms with Gasteiger partial charge in [0.05, 0.1) is 0 Å². The van der Waals surface area contributed by atoms with Crippen molar-refractivity contribution in [2.24, 2.45) is 0 Å². The Kier molecular flexibility index (Phi) is 49.4. The van der Waals surface area contributed by atoms with Crippen LogP contribution >= 0.6 is 0 Å². The second-order valence-electron chi connectivity index (χ2n) is 0.224. The van der Waals surface area contributed by atoms with E-state index in [2.05, 4.69) is 17.8 Å². The Morgan fingerprint density at radius 1 is 1.60 bits per heavy atom. The predicted octanol–water partition coefficient (Wildman–Crippen LogP) is -4.05. The summed E-state index contributed by atoms with van der Waals surface area (Å²) in [5.41, 5.74) is 0. The monoisotopic (exact) mass is 590 g/mol. The third-order valence-corrected chi connectivity index (χ3v) is 0. The summed E-state index contributed by atoms with van der Waals surface area (Å²) in [6.45, 7) is 0. The number of rotatable bonds is 0. The molecular weight excluding hydrogens is 579 g/mol. The van der Waals surface area contributed by atoms with Crippen molar-refractivity contribution in [3.63, 3.8) is 0 Å². The molecule has 0 aromatic carbocycles. The van der Waals surface area contributed by atoms with Gasteiger partial charge in [-0.05, 0) is 0 Å². The summed E-state index contributed by atoms with van der Waals surface area (Å²) in [7, 11) is 1.59. The molecule has 0 fully saturated rings. The Morgan fingerprint density at radius 2 is 1.60 bits per heavy atom. The van der Waals surface area contributed by atoms with Crippen molar-refractivity contribution in [3.8, 4) is 0 Å².